The van der Waals surface area contributed by atoms with E-state index >= 15 is 0 Å². The zero-order valence-electron chi connectivity index (χ0n) is 28.3. The van der Waals surface area contributed by atoms with Crippen LogP contribution in [0.15, 0.2) is 78.9 Å². The highest BCUT2D eigenvalue weighted by Crippen LogP contribution is 2.51. The van der Waals surface area contributed by atoms with Gasteiger partial charge in [-0.15, -0.1) is 0 Å². The molecule has 228 valence electrons. The van der Waals surface area contributed by atoms with Gasteiger partial charge in [0.25, 0.3) is 0 Å². The van der Waals surface area contributed by atoms with Crippen LogP contribution in [-0.4, -0.2) is 8.07 Å². The normalized spacial score (nSPS) is 15.8. The number of benzene rings is 5. The zero-order valence-corrected chi connectivity index (χ0v) is 29.3. The fourth-order valence-corrected chi connectivity index (χ4v) is 12.2. The standard InChI is InChI=1S/C41H43NO2Si/c1-39(2,3)26-18-30-36-32(20-26)43-34-22-28(41(7,8)9)23-35-38(34)45(36,10)37-31(19-27(40(4,5)6)21-33(37)44-35)42(30)29-16-15-24-13-11-12-14-25(24)17-29/h11-23H,1-10H3. The minimum atomic E-state index is -2.57. The highest BCUT2D eigenvalue weighted by Gasteiger charge is 2.55. The van der Waals surface area contributed by atoms with Gasteiger partial charge in [0.05, 0.1) is 11.4 Å². The molecular formula is C41H43NO2Si. The number of hydrogen-bond acceptors (Lipinski definition) is 3. The molecule has 3 heterocycles. The van der Waals surface area contributed by atoms with E-state index in [0.717, 1.165) is 28.7 Å². The second-order valence-electron chi connectivity index (χ2n) is 16.5. The molecule has 5 aromatic rings. The van der Waals surface area contributed by atoms with Gasteiger partial charge in [0.2, 0.25) is 0 Å². The van der Waals surface area contributed by atoms with Gasteiger partial charge in [-0.25, -0.2) is 0 Å². The Morgan fingerprint density at radius 2 is 0.911 bits per heavy atom. The molecule has 3 nitrogen and oxygen atoms in total. The first-order valence-corrected chi connectivity index (χ1v) is 18.8. The van der Waals surface area contributed by atoms with E-state index < -0.39 is 8.07 Å². The van der Waals surface area contributed by atoms with Gasteiger partial charge in [-0.1, -0.05) is 99.2 Å². The van der Waals surface area contributed by atoms with E-state index in [1.54, 1.807) is 0 Å². The molecule has 0 fully saturated rings. The van der Waals surface area contributed by atoms with Gasteiger partial charge in [-0.2, -0.15) is 0 Å². The molecule has 0 saturated heterocycles. The van der Waals surface area contributed by atoms with Gasteiger partial charge >= 0.3 is 0 Å². The average molecular weight is 610 g/mol. The monoisotopic (exact) mass is 609 g/mol. The Labute approximate surface area is 268 Å². The van der Waals surface area contributed by atoms with Gasteiger partial charge in [0.1, 0.15) is 23.0 Å². The Morgan fingerprint density at radius 3 is 1.38 bits per heavy atom. The smallest absolute Gasteiger partial charge is 0.170 e. The lowest BCUT2D eigenvalue weighted by molar-refractivity contribution is 0.454. The Bertz CT molecular complexity index is 1990. The quantitative estimate of drug-likeness (QED) is 0.173. The Kier molecular flexibility index (Phi) is 5.58. The summed E-state index contributed by atoms with van der Waals surface area (Å²) in [6.45, 7) is 23.1. The van der Waals surface area contributed by atoms with Crippen molar-refractivity contribution in [3.8, 4) is 23.0 Å². The Hall–Kier alpha value is -4.02. The van der Waals surface area contributed by atoms with Crippen LogP contribution in [0.4, 0.5) is 17.1 Å². The number of hydrogen-bond donors (Lipinski definition) is 0. The van der Waals surface area contributed by atoms with E-state index in [0.29, 0.717) is 0 Å². The van der Waals surface area contributed by atoms with Crippen LogP contribution in [-0.2, 0) is 16.2 Å². The molecule has 5 aromatic carbocycles. The summed E-state index contributed by atoms with van der Waals surface area (Å²) in [6, 6.07) is 29.6. The van der Waals surface area contributed by atoms with Gasteiger partial charge in [-0.05, 0) is 92.2 Å². The lowest BCUT2D eigenvalue weighted by atomic mass is 9.85. The SMILES string of the molecule is CC(C)(C)c1cc2c3c(c1)Oc1cc(C(C)(C)C)cc4c1[Si]3(C)c1c(cc(C(C)(C)C)cc1N4c1ccc3ccccc3c1)O2. The number of ether oxygens (including phenoxy) is 2. The molecule has 3 aliphatic heterocycles. The summed E-state index contributed by atoms with van der Waals surface area (Å²) >= 11 is 0. The van der Waals surface area contributed by atoms with E-state index in [9.17, 15) is 0 Å². The largest absolute Gasteiger partial charge is 0.457 e. The minimum Gasteiger partial charge on any atom is -0.457 e. The summed E-state index contributed by atoms with van der Waals surface area (Å²) in [7, 11) is -2.57. The van der Waals surface area contributed by atoms with E-state index in [-0.39, 0.29) is 16.2 Å². The molecule has 0 bridgehead atoms. The molecule has 0 aliphatic carbocycles. The van der Waals surface area contributed by atoms with E-state index in [1.165, 1.54) is 54.4 Å². The topological polar surface area (TPSA) is 21.7 Å². The summed E-state index contributed by atoms with van der Waals surface area (Å²) in [6.07, 6.45) is 0. The summed E-state index contributed by atoms with van der Waals surface area (Å²) in [5, 5.41) is 6.44. The van der Waals surface area contributed by atoms with E-state index in [1.807, 2.05) is 0 Å². The number of anilines is 3. The van der Waals surface area contributed by atoms with Crippen molar-refractivity contribution in [1.82, 2.24) is 0 Å². The third-order valence-corrected chi connectivity index (χ3v) is 14.7. The molecular weight excluding hydrogens is 567 g/mol. The third kappa shape index (κ3) is 4.01. The van der Waals surface area contributed by atoms with E-state index in [2.05, 4.69) is 153 Å². The van der Waals surface area contributed by atoms with Crippen molar-refractivity contribution < 1.29 is 9.47 Å². The van der Waals surface area contributed by atoms with Crippen molar-refractivity contribution >= 4 is 51.5 Å². The molecule has 45 heavy (non-hydrogen) atoms. The van der Waals surface area contributed by atoms with Crippen molar-refractivity contribution in [2.24, 2.45) is 0 Å². The summed E-state index contributed by atoms with van der Waals surface area (Å²) in [5.41, 5.74) is 7.27. The first kappa shape index (κ1) is 28.5. The second-order valence-corrected chi connectivity index (χ2v) is 20.3. The van der Waals surface area contributed by atoms with Crippen molar-refractivity contribution in [1.29, 1.82) is 0 Å². The number of fused-ring (bicyclic) bond motifs is 1. The molecule has 0 aromatic heterocycles. The second kappa shape index (κ2) is 8.82. The number of rotatable bonds is 1. The fourth-order valence-electron chi connectivity index (χ4n) is 7.60. The van der Waals surface area contributed by atoms with Gasteiger partial charge < -0.3 is 14.4 Å². The van der Waals surface area contributed by atoms with E-state index in [4.69, 9.17) is 9.47 Å². The molecule has 0 amide bonds. The molecule has 3 aliphatic rings. The fraction of sp³-hybridized carbons (Fsp3) is 0.317. The highest BCUT2D eigenvalue weighted by molar-refractivity contribution is 7.14. The van der Waals surface area contributed by atoms with Crippen molar-refractivity contribution in [3.63, 3.8) is 0 Å². The predicted molar refractivity (Wildman–Crippen MR) is 192 cm³/mol. The lowest BCUT2D eigenvalue weighted by Gasteiger charge is -2.49. The molecule has 0 N–H and O–H groups in total. The van der Waals surface area contributed by atoms with Crippen LogP contribution in [0.1, 0.15) is 79.0 Å². The van der Waals surface area contributed by atoms with Crippen LogP contribution in [0.3, 0.4) is 0 Å². The Morgan fingerprint density at radius 1 is 0.489 bits per heavy atom. The Balaban J connectivity index is 1.53. The van der Waals surface area contributed by atoms with Crippen LogP contribution < -0.4 is 29.9 Å². The van der Waals surface area contributed by atoms with Gasteiger partial charge in [-0.3, -0.25) is 0 Å². The number of nitrogens with zero attached hydrogens (tertiary/aromatic N) is 1. The molecule has 0 unspecified atom stereocenters. The predicted octanol–water partition coefficient (Wildman–Crippen LogP) is 9.83. The molecule has 4 heteroatoms. The van der Waals surface area contributed by atoms with Crippen LogP contribution in [0.2, 0.25) is 6.55 Å². The molecule has 0 spiro atoms. The maximum atomic E-state index is 7.05. The van der Waals surface area contributed by atoms with Crippen LogP contribution in [0, 0.1) is 0 Å². The summed E-state index contributed by atoms with van der Waals surface area (Å²) in [4.78, 5) is 2.51. The molecule has 0 saturated carbocycles. The zero-order chi connectivity index (χ0) is 31.8. The first-order chi connectivity index (χ1) is 21.0. The third-order valence-electron chi connectivity index (χ3n) is 10.2. The maximum absolute atomic E-state index is 7.05. The molecule has 0 radical (unpaired) electrons. The minimum absolute atomic E-state index is 0.0441. The summed E-state index contributed by atoms with van der Waals surface area (Å²) in [5.74, 6) is 3.93. The summed E-state index contributed by atoms with van der Waals surface area (Å²) < 4.78 is 14.1. The van der Waals surface area contributed by atoms with Gasteiger partial charge in [0, 0.05) is 21.2 Å². The molecule has 0 atom stereocenters. The molecule has 8 rings (SSSR count). The van der Waals surface area contributed by atoms with Crippen LogP contribution in [0.25, 0.3) is 10.8 Å². The van der Waals surface area contributed by atoms with Crippen molar-refractivity contribution in [3.05, 3.63) is 95.6 Å². The van der Waals surface area contributed by atoms with Gasteiger partial charge in [0.15, 0.2) is 8.07 Å². The first-order valence-electron chi connectivity index (χ1n) is 16.3. The van der Waals surface area contributed by atoms with Crippen LogP contribution >= 0.6 is 0 Å². The van der Waals surface area contributed by atoms with Crippen molar-refractivity contribution in [2.45, 2.75) is 85.1 Å². The highest BCUT2D eigenvalue weighted by atomic mass is 28.3. The lowest BCUT2D eigenvalue weighted by Crippen LogP contribution is -2.71. The van der Waals surface area contributed by atoms with Crippen molar-refractivity contribution in [2.75, 3.05) is 4.90 Å². The maximum Gasteiger partial charge on any atom is 0.170 e. The van der Waals surface area contributed by atoms with Crippen LogP contribution in [0.5, 0.6) is 23.0 Å². The average Bonchev–Trinajstić information content (AvgIpc) is 2.94.